The smallest absolute Gasteiger partial charge is 0.307 e. The highest BCUT2D eigenvalue weighted by Gasteiger charge is 2.08. The van der Waals surface area contributed by atoms with Crippen molar-refractivity contribution < 1.29 is 19.4 Å². The summed E-state index contributed by atoms with van der Waals surface area (Å²) in [6.07, 6.45) is 2.69. The van der Waals surface area contributed by atoms with Crippen molar-refractivity contribution in [1.82, 2.24) is 0 Å². The number of para-hydroxylation sites is 1. The lowest BCUT2D eigenvalue weighted by molar-refractivity contribution is -0.136. The highest BCUT2D eigenvalue weighted by atomic mass is 35.5. The summed E-state index contributed by atoms with van der Waals surface area (Å²) in [4.78, 5) is 10.8. The quantitative estimate of drug-likeness (QED) is 0.302. The summed E-state index contributed by atoms with van der Waals surface area (Å²) in [6.45, 7) is 3.40. The van der Waals surface area contributed by atoms with E-state index in [9.17, 15) is 4.79 Å². The van der Waals surface area contributed by atoms with E-state index in [1.54, 1.807) is 12.1 Å². The molecule has 0 aliphatic heterocycles. The van der Waals surface area contributed by atoms with Crippen molar-refractivity contribution in [3.8, 4) is 17.2 Å². The van der Waals surface area contributed by atoms with Crippen LogP contribution in [0.1, 0.15) is 30.9 Å². The van der Waals surface area contributed by atoms with Crippen LogP contribution in [0.5, 0.6) is 17.2 Å². The number of carboxylic acid groups (broad SMARTS) is 1. The fourth-order valence-electron chi connectivity index (χ4n) is 3.31. The molecule has 3 rings (SSSR count). The zero-order chi connectivity index (χ0) is 22.8. The number of aryl methyl sites for hydroxylation is 1. The molecule has 0 spiro atoms. The lowest BCUT2D eigenvalue weighted by atomic mass is 10.1. The first-order chi connectivity index (χ1) is 15.5. The first-order valence-electron chi connectivity index (χ1n) is 10.8. The Labute approximate surface area is 194 Å². The van der Waals surface area contributed by atoms with Gasteiger partial charge in [-0.2, -0.15) is 0 Å². The summed E-state index contributed by atoms with van der Waals surface area (Å²) < 4.78 is 12.0. The van der Waals surface area contributed by atoms with Gasteiger partial charge in [0.05, 0.1) is 23.7 Å². The number of rotatable bonds is 12. The minimum atomic E-state index is -0.874. The van der Waals surface area contributed by atoms with Gasteiger partial charge in [-0.25, -0.2) is 0 Å². The van der Waals surface area contributed by atoms with Gasteiger partial charge in [0, 0.05) is 6.54 Å². The molecule has 0 aliphatic carbocycles. The van der Waals surface area contributed by atoms with Crippen molar-refractivity contribution in [2.75, 3.05) is 18.5 Å². The lowest BCUT2D eigenvalue weighted by Crippen LogP contribution is -2.09. The number of halogens is 1. The van der Waals surface area contributed by atoms with E-state index in [-0.39, 0.29) is 6.42 Å². The summed E-state index contributed by atoms with van der Waals surface area (Å²) in [5.74, 6) is 1.61. The third-order valence-corrected chi connectivity index (χ3v) is 5.13. The van der Waals surface area contributed by atoms with Crippen LogP contribution in [-0.4, -0.2) is 24.2 Å². The van der Waals surface area contributed by atoms with Crippen LogP contribution >= 0.6 is 11.6 Å². The number of hydrogen-bond donors (Lipinski definition) is 2. The molecule has 3 aromatic carbocycles. The van der Waals surface area contributed by atoms with E-state index >= 15 is 0 Å². The maximum atomic E-state index is 10.8. The molecule has 0 aliphatic rings. The molecule has 0 saturated heterocycles. The second-order valence-electron chi connectivity index (χ2n) is 7.45. The Kier molecular flexibility index (Phi) is 8.81. The number of benzene rings is 3. The van der Waals surface area contributed by atoms with Gasteiger partial charge in [0.15, 0.2) is 0 Å². The molecular weight excluding hydrogens is 426 g/mol. The van der Waals surface area contributed by atoms with Gasteiger partial charge in [-0.05, 0) is 66.4 Å². The molecule has 3 aromatic rings. The number of anilines is 1. The average molecular weight is 454 g/mol. The zero-order valence-corrected chi connectivity index (χ0v) is 18.9. The van der Waals surface area contributed by atoms with Gasteiger partial charge in [-0.3, -0.25) is 4.79 Å². The van der Waals surface area contributed by atoms with Gasteiger partial charge in [0.25, 0.3) is 0 Å². The van der Waals surface area contributed by atoms with Crippen LogP contribution in [0.25, 0.3) is 0 Å². The van der Waals surface area contributed by atoms with E-state index in [0.717, 1.165) is 47.8 Å². The minimum Gasteiger partial charge on any atom is -0.493 e. The van der Waals surface area contributed by atoms with Crippen LogP contribution in [0.15, 0.2) is 66.7 Å². The molecule has 168 valence electrons. The Hall–Kier alpha value is -3.18. The first-order valence-corrected chi connectivity index (χ1v) is 11.2. The highest BCUT2D eigenvalue weighted by molar-refractivity contribution is 6.33. The molecule has 6 heteroatoms. The van der Waals surface area contributed by atoms with Crippen LogP contribution in [0.2, 0.25) is 5.02 Å². The van der Waals surface area contributed by atoms with Crippen molar-refractivity contribution in [2.45, 2.75) is 32.6 Å². The predicted octanol–water partition coefficient (Wildman–Crippen LogP) is 6.59. The van der Waals surface area contributed by atoms with Crippen LogP contribution in [-0.2, 0) is 17.6 Å². The highest BCUT2D eigenvalue weighted by Crippen LogP contribution is 2.29. The number of hydrogen-bond acceptors (Lipinski definition) is 4. The topological polar surface area (TPSA) is 67.8 Å². The molecule has 32 heavy (non-hydrogen) atoms. The molecule has 0 atom stereocenters. The number of carbonyl (C=O) groups is 1. The molecule has 0 radical (unpaired) electrons. The minimum absolute atomic E-state index is 0.0386. The van der Waals surface area contributed by atoms with Crippen molar-refractivity contribution in [1.29, 1.82) is 0 Å². The van der Waals surface area contributed by atoms with E-state index in [0.29, 0.717) is 23.7 Å². The maximum Gasteiger partial charge on any atom is 0.307 e. The normalized spacial score (nSPS) is 10.6. The molecule has 5 nitrogen and oxygen atoms in total. The first kappa shape index (κ1) is 23.5. The summed E-state index contributed by atoms with van der Waals surface area (Å²) in [5, 5.41) is 12.7. The molecular formula is C26H28ClNO4. The summed E-state index contributed by atoms with van der Waals surface area (Å²) in [6, 6.07) is 20.9. The van der Waals surface area contributed by atoms with E-state index in [1.165, 1.54) is 0 Å². The summed E-state index contributed by atoms with van der Waals surface area (Å²) in [5.41, 5.74) is 2.60. The lowest BCUT2D eigenvalue weighted by Gasteiger charge is -2.14. The number of aliphatic carboxylic acids is 1. The van der Waals surface area contributed by atoms with Gasteiger partial charge in [-0.1, -0.05) is 49.2 Å². The fourth-order valence-corrected chi connectivity index (χ4v) is 3.58. The van der Waals surface area contributed by atoms with Crippen molar-refractivity contribution in [3.05, 3.63) is 82.9 Å². The predicted molar refractivity (Wildman–Crippen MR) is 128 cm³/mol. The van der Waals surface area contributed by atoms with Gasteiger partial charge >= 0.3 is 5.97 Å². The summed E-state index contributed by atoms with van der Waals surface area (Å²) in [7, 11) is 0. The molecule has 0 bridgehead atoms. The van der Waals surface area contributed by atoms with Crippen molar-refractivity contribution in [2.24, 2.45) is 0 Å². The fraction of sp³-hybridized carbons (Fsp3) is 0.269. The average Bonchev–Trinajstić information content (AvgIpc) is 2.77. The van der Waals surface area contributed by atoms with Crippen LogP contribution in [0.3, 0.4) is 0 Å². The van der Waals surface area contributed by atoms with Gasteiger partial charge < -0.3 is 19.9 Å². The largest absolute Gasteiger partial charge is 0.493 e. The van der Waals surface area contributed by atoms with Crippen molar-refractivity contribution >= 4 is 23.3 Å². The molecule has 0 heterocycles. The third kappa shape index (κ3) is 7.20. The van der Waals surface area contributed by atoms with Crippen LogP contribution < -0.4 is 14.8 Å². The Bertz CT molecular complexity index is 1020. The second-order valence-corrected chi connectivity index (χ2v) is 7.86. The Morgan fingerprint density at radius 2 is 1.84 bits per heavy atom. The summed E-state index contributed by atoms with van der Waals surface area (Å²) >= 11 is 6.25. The molecule has 0 aromatic heterocycles. The SMILES string of the molecule is CCCc1cc(Oc2ccccc2)ccc1OCCCNc1ccc(CC(=O)O)cc1Cl. The molecule has 0 amide bonds. The number of ether oxygens (including phenoxy) is 2. The zero-order valence-electron chi connectivity index (χ0n) is 18.1. The van der Waals surface area contributed by atoms with Gasteiger partial charge in [0.2, 0.25) is 0 Å². The Morgan fingerprint density at radius 1 is 1.03 bits per heavy atom. The van der Waals surface area contributed by atoms with Crippen LogP contribution in [0, 0.1) is 0 Å². The number of nitrogens with one attached hydrogen (secondary N) is 1. The Morgan fingerprint density at radius 3 is 2.56 bits per heavy atom. The van der Waals surface area contributed by atoms with Crippen LogP contribution in [0.4, 0.5) is 5.69 Å². The molecule has 0 fully saturated rings. The van der Waals surface area contributed by atoms with E-state index in [4.69, 9.17) is 26.2 Å². The monoisotopic (exact) mass is 453 g/mol. The third-order valence-electron chi connectivity index (χ3n) is 4.81. The molecule has 2 N–H and O–H groups in total. The maximum absolute atomic E-state index is 10.8. The molecule has 0 saturated carbocycles. The number of carboxylic acids is 1. The van der Waals surface area contributed by atoms with Gasteiger partial charge in [-0.15, -0.1) is 0 Å². The van der Waals surface area contributed by atoms with Crippen molar-refractivity contribution in [3.63, 3.8) is 0 Å². The van der Waals surface area contributed by atoms with Gasteiger partial charge in [0.1, 0.15) is 17.2 Å². The molecule has 0 unspecified atom stereocenters. The van der Waals surface area contributed by atoms with E-state index in [2.05, 4.69) is 12.2 Å². The standard InChI is InChI=1S/C26H28ClNO4/c1-2-7-20-18-22(32-21-8-4-3-5-9-21)11-13-25(20)31-15-6-14-28-24-12-10-19(16-23(24)27)17-26(29)30/h3-5,8-13,16,18,28H,2,6-7,14-15,17H2,1H3,(H,29,30). The van der Waals surface area contributed by atoms with E-state index in [1.807, 2.05) is 54.6 Å². The Balaban J connectivity index is 1.50. The van der Waals surface area contributed by atoms with E-state index < -0.39 is 5.97 Å². The second kappa shape index (κ2) is 12.0.